The Hall–Kier alpha value is -6.78. The summed E-state index contributed by atoms with van der Waals surface area (Å²) in [4.78, 5) is 4.67. The van der Waals surface area contributed by atoms with Crippen LogP contribution in [0.25, 0.3) is 54.4 Å². The van der Waals surface area contributed by atoms with Gasteiger partial charge in [-0.2, -0.15) is 0 Å². The quantitative estimate of drug-likeness (QED) is 0.175. The first-order valence-electron chi connectivity index (χ1n) is 17.8. The normalized spacial score (nSPS) is 11.7. The van der Waals surface area contributed by atoms with Crippen molar-refractivity contribution in [3.05, 3.63) is 182 Å². The predicted octanol–water partition coefficient (Wildman–Crippen LogP) is 13.1. The van der Waals surface area contributed by atoms with E-state index in [9.17, 15) is 0 Å². The number of nitrogens with zero attached hydrogens (tertiary/aromatic N) is 4. The molecular formula is C48H36N4. The second-order valence-electron chi connectivity index (χ2n) is 13.5. The summed E-state index contributed by atoms with van der Waals surface area (Å²) in [5.74, 6) is 0. The van der Waals surface area contributed by atoms with E-state index in [1.54, 1.807) is 0 Å². The Bertz CT molecular complexity index is 2630. The van der Waals surface area contributed by atoms with Gasteiger partial charge < -0.3 is 18.9 Å². The number of fused-ring (bicyclic) bond motifs is 9. The van der Waals surface area contributed by atoms with E-state index < -0.39 is 0 Å². The van der Waals surface area contributed by atoms with Crippen LogP contribution < -0.4 is 9.80 Å². The Labute approximate surface area is 302 Å². The van der Waals surface area contributed by atoms with Gasteiger partial charge in [0.2, 0.25) is 0 Å². The van der Waals surface area contributed by atoms with Crippen LogP contribution in [0.1, 0.15) is 0 Å². The van der Waals surface area contributed by atoms with Gasteiger partial charge in [-0.15, -0.1) is 0 Å². The van der Waals surface area contributed by atoms with Crippen molar-refractivity contribution in [2.45, 2.75) is 0 Å². The molecule has 0 bridgehead atoms. The van der Waals surface area contributed by atoms with Gasteiger partial charge in [-0.1, -0.05) is 97.1 Å². The summed E-state index contributed by atoms with van der Waals surface area (Å²) < 4.78 is 4.70. The first kappa shape index (κ1) is 30.1. The molecule has 8 aromatic carbocycles. The van der Waals surface area contributed by atoms with E-state index in [0.29, 0.717) is 0 Å². The molecule has 2 aromatic heterocycles. The van der Waals surface area contributed by atoms with Crippen LogP contribution in [0.3, 0.4) is 0 Å². The molecule has 4 nitrogen and oxygen atoms in total. The smallest absolute Gasteiger partial charge is 0.0509 e. The topological polar surface area (TPSA) is 16.3 Å². The molecule has 0 aliphatic rings. The number of anilines is 6. The second kappa shape index (κ2) is 11.9. The van der Waals surface area contributed by atoms with E-state index in [1.165, 1.54) is 54.4 Å². The van der Waals surface area contributed by atoms with Crippen LogP contribution in [0.4, 0.5) is 34.1 Å². The maximum atomic E-state index is 2.35. The number of para-hydroxylation sites is 4. The second-order valence-corrected chi connectivity index (χ2v) is 13.5. The van der Waals surface area contributed by atoms with Gasteiger partial charge in [-0.05, 0) is 95.7 Å². The highest BCUT2D eigenvalue weighted by atomic mass is 15.1. The van der Waals surface area contributed by atoms with Gasteiger partial charge in [0.05, 0.1) is 11.0 Å². The van der Waals surface area contributed by atoms with Crippen LogP contribution >= 0.6 is 0 Å². The molecule has 2 heterocycles. The molecule has 52 heavy (non-hydrogen) atoms. The van der Waals surface area contributed by atoms with Gasteiger partial charge in [0.1, 0.15) is 0 Å². The van der Waals surface area contributed by atoms with Crippen LogP contribution in [-0.4, -0.2) is 9.13 Å². The lowest BCUT2D eigenvalue weighted by molar-refractivity contribution is 1.01. The Morgan fingerprint density at radius 2 is 0.596 bits per heavy atom. The maximum absolute atomic E-state index is 2.35. The third-order valence-electron chi connectivity index (χ3n) is 10.7. The van der Waals surface area contributed by atoms with E-state index >= 15 is 0 Å². The van der Waals surface area contributed by atoms with E-state index in [-0.39, 0.29) is 0 Å². The molecule has 0 aliphatic carbocycles. The van der Waals surface area contributed by atoms with Crippen molar-refractivity contribution in [3.8, 4) is 0 Å². The van der Waals surface area contributed by atoms with Gasteiger partial charge in [0, 0.05) is 80.8 Å². The number of aromatic nitrogens is 2. The summed E-state index contributed by atoms with van der Waals surface area (Å²) in [6, 6.07) is 65.6. The van der Waals surface area contributed by atoms with Gasteiger partial charge >= 0.3 is 0 Å². The van der Waals surface area contributed by atoms with Gasteiger partial charge in [0.25, 0.3) is 0 Å². The molecular weight excluding hydrogens is 633 g/mol. The third kappa shape index (κ3) is 4.61. The number of benzene rings is 8. The summed E-state index contributed by atoms with van der Waals surface area (Å²) in [6.45, 7) is 0. The number of rotatable bonds is 6. The van der Waals surface area contributed by atoms with Crippen molar-refractivity contribution >= 4 is 88.5 Å². The Morgan fingerprint density at radius 3 is 0.923 bits per heavy atom. The van der Waals surface area contributed by atoms with Crippen LogP contribution in [-0.2, 0) is 14.1 Å². The Balaban J connectivity index is 1.16. The zero-order valence-electron chi connectivity index (χ0n) is 29.1. The fourth-order valence-electron chi connectivity index (χ4n) is 8.27. The average Bonchev–Trinajstić information content (AvgIpc) is 3.66. The SMILES string of the molecule is Cn1c2cc(N(c3ccccc3)c3ccccc3)ccc2c2c3ccc4c(c3ccc21)c1ccc(N(c2ccccc2)c2ccccc2)cc1n4C. The Kier molecular flexibility index (Phi) is 6.90. The molecule has 0 aliphatic heterocycles. The summed E-state index contributed by atoms with van der Waals surface area (Å²) in [6.07, 6.45) is 0. The molecule has 0 saturated heterocycles. The van der Waals surface area contributed by atoms with Crippen LogP contribution in [0.5, 0.6) is 0 Å². The largest absolute Gasteiger partial charge is 0.344 e. The van der Waals surface area contributed by atoms with E-state index in [0.717, 1.165) is 34.1 Å². The zero-order chi connectivity index (χ0) is 34.8. The molecule has 0 saturated carbocycles. The minimum Gasteiger partial charge on any atom is -0.344 e. The third-order valence-corrected chi connectivity index (χ3v) is 10.7. The zero-order valence-corrected chi connectivity index (χ0v) is 29.1. The molecule has 0 N–H and O–H groups in total. The molecule has 10 rings (SSSR count). The number of hydrogen-bond acceptors (Lipinski definition) is 2. The fraction of sp³-hybridized carbons (Fsp3) is 0.0417. The standard InChI is InChI=1S/C48H36N4/c1-49-43-29-27-40-39(47(43)41-25-23-37(31-45(41)49)51(33-15-7-3-8-16-33)34-17-9-4-10-18-34)28-30-44-48(40)42-26-24-38(32-46(42)50(44)2)52(35-19-11-5-12-20-35)36-21-13-6-14-22-36/h3-32H,1-2H3. The molecule has 0 unspecified atom stereocenters. The summed E-state index contributed by atoms with van der Waals surface area (Å²) in [5.41, 5.74) is 11.7. The lowest BCUT2D eigenvalue weighted by atomic mass is 9.99. The summed E-state index contributed by atoms with van der Waals surface area (Å²) in [5, 5.41) is 7.66. The first-order valence-corrected chi connectivity index (χ1v) is 17.8. The highest BCUT2D eigenvalue weighted by Gasteiger charge is 2.20. The highest BCUT2D eigenvalue weighted by molar-refractivity contribution is 6.29. The monoisotopic (exact) mass is 668 g/mol. The van der Waals surface area contributed by atoms with Gasteiger partial charge in [-0.25, -0.2) is 0 Å². The van der Waals surface area contributed by atoms with Crippen LogP contribution in [0.2, 0.25) is 0 Å². The van der Waals surface area contributed by atoms with Crippen LogP contribution in [0.15, 0.2) is 182 Å². The lowest BCUT2D eigenvalue weighted by Crippen LogP contribution is -2.09. The predicted molar refractivity (Wildman–Crippen MR) is 221 cm³/mol. The maximum Gasteiger partial charge on any atom is 0.0509 e. The molecule has 0 amide bonds. The lowest BCUT2D eigenvalue weighted by Gasteiger charge is -2.25. The molecule has 10 aromatic rings. The van der Waals surface area contributed by atoms with Crippen molar-refractivity contribution in [3.63, 3.8) is 0 Å². The summed E-state index contributed by atoms with van der Waals surface area (Å²) >= 11 is 0. The highest BCUT2D eigenvalue weighted by Crippen LogP contribution is 2.44. The summed E-state index contributed by atoms with van der Waals surface area (Å²) in [7, 11) is 4.39. The van der Waals surface area contributed by atoms with Crippen molar-refractivity contribution in [1.82, 2.24) is 9.13 Å². The fourth-order valence-corrected chi connectivity index (χ4v) is 8.27. The molecule has 0 fully saturated rings. The number of aryl methyl sites for hydroxylation is 2. The van der Waals surface area contributed by atoms with Crippen molar-refractivity contribution in [1.29, 1.82) is 0 Å². The first-order chi connectivity index (χ1) is 25.7. The minimum absolute atomic E-state index is 1.13. The molecule has 0 radical (unpaired) electrons. The molecule has 4 heteroatoms. The molecule has 248 valence electrons. The van der Waals surface area contributed by atoms with Crippen molar-refractivity contribution in [2.75, 3.05) is 9.80 Å². The van der Waals surface area contributed by atoms with Crippen LogP contribution in [0, 0.1) is 0 Å². The van der Waals surface area contributed by atoms with Gasteiger partial charge in [-0.3, -0.25) is 0 Å². The van der Waals surface area contributed by atoms with Crippen molar-refractivity contribution in [2.24, 2.45) is 14.1 Å². The minimum atomic E-state index is 1.13. The molecule has 0 atom stereocenters. The van der Waals surface area contributed by atoms with E-state index in [2.05, 4.69) is 215 Å². The van der Waals surface area contributed by atoms with Crippen molar-refractivity contribution < 1.29 is 0 Å². The average molecular weight is 669 g/mol. The van der Waals surface area contributed by atoms with Gasteiger partial charge in [0.15, 0.2) is 0 Å². The van der Waals surface area contributed by atoms with E-state index in [1.807, 2.05) is 0 Å². The Morgan fingerprint density at radius 1 is 0.288 bits per heavy atom. The van der Waals surface area contributed by atoms with E-state index in [4.69, 9.17) is 0 Å². The molecule has 0 spiro atoms. The number of hydrogen-bond donors (Lipinski definition) is 0.